The van der Waals surface area contributed by atoms with Gasteiger partial charge in [0.15, 0.2) is 18.1 Å². The molecule has 0 atom stereocenters. The monoisotopic (exact) mass is 496 g/mol. The average Bonchev–Trinajstić information content (AvgIpc) is 3.31. The fourth-order valence-corrected chi connectivity index (χ4v) is 6.42. The van der Waals surface area contributed by atoms with E-state index < -0.39 is 28.5 Å². The van der Waals surface area contributed by atoms with Gasteiger partial charge in [0, 0.05) is 24.5 Å². The number of thiophene rings is 1. The first-order valence-electron chi connectivity index (χ1n) is 10.6. The summed E-state index contributed by atoms with van der Waals surface area (Å²) in [6, 6.07) is 8.41. The first kappa shape index (κ1) is 25.0. The van der Waals surface area contributed by atoms with Crippen LogP contribution in [0, 0.1) is 0 Å². The summed E-state index contributed by atoms with van der Waals surface area (Å²) < 4.78 is 42.6. The lowest BCUT2D eigenvalue weighted by Gasteiger charge is -2.25. The summed E-state index contributed by atoms with van der Waals surface area (Å²) in [6.45, 7) is 0.863. The van der Waals surface area contributed by atoms with Crippen molar-refractivity contribution in [2.24, 2.45) is 0 Å². The van der Waals surface area contributed by atoms with Crippen LogP contribution in [0.2, 0.25) is 0 Å². The Labute approximate surface area is 197 Å². The molecule has 1 aliphatic rings. The van der Waals surface area contributed by atoms with Gasteiger partial charge in [-0.25, -0.2) is 8.42 Å². The fourth-order valence-electron chi connectivity index (χ4n) is 3.41. The van der Waals surface area contributed by atoms with E-state index in [1.54, 1.807) is 24.3 Å². The summed E-state index contributed by atoms with van der Waals surface area (Å²) in [5.74, 6) is 0.0907. The number of methoxy groups -OCH3 is 2. The van der Waals surface area contributed by atoms with Crippen molar-refractivity contribution in [3.05, 3.63) is 40.8 Å². The molecule has 1 amide bonds. The number of hydrogen-bond donors (Lipinski definition) is 1. The molecule has 2 aromatic rings. The number of ether oxygens (including phenoxy) is 3. The van der Waals surface area contributed by atoms with Gasteiger partial charge in [-0.15, -0.1) is 11.3 Å². The minimum Gasteiger partial charge on any atom is -0.493 e. The highest BCUT2D eigenvalue weighted by molar-refractivity contribution is 7.91. The molecule has 0 aliphatic carbocycles. The number of nitrogens with one attached hydrogen (secondary N) is 1. The fraction of sp³-hybridized carbons (Fsp3) is 0.455. The minimum absolute atomic E-state index is 0.0941. The SMILES string of the molecule is COc1ccc(CNC(=O)COC(=O)Cc2ccc(S(=O)(=O)N3CCCCC3)s2)cc1OC. The maximum atomic E-state index is 12.7. The Hall–Kier alpha value is -2.63. The maximum absolute atomic E-state index is 12.7. The van der Waals surface area contributed by atoms with Crippen LogP contribution in [0.1, 0.15) is 29.7 Å². The molecule has 0 saturated carbocycles. The molecule has 1 aliphatic heterocycles. The second-order valence-electron chi connectivity index (χ2n) is 7.49. The molecule has 2 heterocycles. The number of rotatable bonds is 10. The summed E-state index contributed by atoms with van der Waals surface area (Å²) in [5, 5.41) is 2.67. The molecule has 0 bridgehead atoms. The minimum atomic E-state index is -3.53. The highest BCUT2D eigenvalue weighted by Gasteiger charge is 2.27. The molecule has 0 radical (unpaired) electrons. The third kappa shape index (κ3) is 6.68. The van der Waals surface area contributed by atoms with Crippen LogP contribution in [0.15, 0.2) is 34.5 Å². The molecule has 1 aromatic carbocycles. The lowest BCUT2D eigenvalue weighted by molar-refractivity contribution is -0.147. The largest absolute Gasteiger partial charge is 0.493 e. The smallest absolute Gasteiger partial charge is 0.311 e. The number of nitrogens with zero attached hydrogens (tertiary/aromatic N) is 1. The van der Waals surface area contributed by atoms with Gasteiger partial charge in [0.25, 0.3) is 15.9 Å². The maximum Gasteiger partial charge on any atom is 0.311 e. The Balaban J connectivity index is 1.45. The van der Waals surface area contributed by atoms with Crippen LogP contribution in [-0.4, -0.2) is 58.5 Å². The second-order valence-corrected chi connectivity index (χ2v) is 10.8. The van der Waals surface area contributed by atoms with Crippen molar-refractivity contribution in [2.45, 2.75) is 36.4 Å². The molecule has 9 nitrogen and oxygen atoms in total. The molecule has 11 heteroatoms. The highest BCUT2D eigenvalue weighted by atomic mass is 32.2. The summed E-state index contributed by atoms with van der Waals surface area (Å²) >= 11 is 1.06. The van der Waals surface area contributed by atoms with Crippen LogP contribution >= 0.6 is 11.3 Å². The van der Waals surface area contributed by atoms with Gasteiger partial charge in [0.1, 0.15) is 4.21 Å². The number of sulfonamides is 1. The zero-order valence-electron chi connectivity index (χ0n) is 18.7. The molecular formula is C22H28N2O7S2. The molecule has 1 N–H and O–H groups in total. The molecule has 0 unspecified atom stereocenters. The summed E-state index contributed by atoms with van der Waals surface area (Å²) in [4.78, 5) is 24.7. The molecule has 3 rings (SSSR count). The van der Waals surface area contributed by atoms with E-state index in [2.05, 4.69) is 5.32 Å². The summed E-state index contributed by atoms with van der Waals surface area (Å²) in [7, 11) is -0.460. The van der Waals surface area contributed by atoms with Crippen molar-refractivity contribution in [3.63, 3.8) is 0 Å². The molecule has 0 spiro atoms. The van der Waals surface area contributed by atoms with E-state index in [1.165, 1.54) is 24.6 Å². The lowest BCUT2D eigenvalue weighted by atomic mass is 10.2. The van der Waals surface area contributed by atoms with Crippen molar-refractivity contribution in [1.29, 1.82) is 0 Å². The zero-order valence-corrected chi connectivity index (χ0v) is 20.3. The number of piperidine rings is 1. The molecule has 1 saturated heterocycles. The van der Waals surface area contributed by atoms with Crippen molar-refractivity contribution < 1.29 is 32.2 Å². The van der Waals surface area contributed by atoms with E-state index in [9.17, 15) is 18.0 Å². The number of esters is 1. The molecular weight excluding hydrogens is 468 g/mol. The van der Waals surface area contributed by atoms with Crippen LogP contribution in [0.4, 0.5) is 0 Å². The quantitative estimate of drug-likeness (QED) is 0.503. The third-order valence-electron chi connectivity index (χ3n) is 5.17. The first-order valence-corrected chi connectivity index (χ1v) is 12.8. The second kappa shape index (κ2) is 11.5. The average molecular weight is 497 g/mol. The van der Waals surface area contributed by atoms with Gasteiger partial charge in [-0.1, -0.05) is 12.5 Å². The van der Waals surface area contributed by atoms with Crippen LogP contribution in [0.5, 0.6) is 11.5 Å². The molecule has 33 heavy (non-hydrogen) atoms. The number of amides is 1. The molecule has 180 valence electrons. The first-order chi connectivity index (χ1) is 15.8. The predicted octanol–water partition coefficient (Wildman–Crippen LogP) is 2.34. The van der Waals surface area contributed by atoms with Gasteiger partial charge >= 0.3 is 5.97 Å². The Morgan fingerprint density at radius 3 is 2.45 bits per heavy atom. The third-order valence-corrected chi connectivity index (χ3v) is 8.62. The van der Waals surface area contributed by atoms with E-state index in [-0.39, 0.29) is 17.2 Å². The summed E-state index contributed by atoms with van der Waals surface area (Å²) in [5.41, 5.74) is 0.799. The Bertz CT molecular complexity index is 1080. The normalized spacial score (nSPS) is 14.5. The van der Waals surface area contributed by atoms with Gasteiger partial charge in [-0.05, 0) is 42.7 Å². The summed E-state index contributed by atoms with van der Waals surface area (Å²) in [6.07, 6.45) is 2.66. The number of carbonyl (C=O) groups is 2. The van der Waals surface area contributed by atoms with E-state index in [4.69, 9.17) is 14.2 Å². The molecule has 1 aromatic heterocycles. The van der Waals surface area contributed by atoms with Crippen LogP contribution in [0.3, 0.4) is 0 Å². The van der Waals surface area contributed by atoms with Crippen LogP contribution in [0.25, 0.3) is 0 Å². The Kier molecular flexibility index (Phi) is 8.70. The predicted molar refractivity (Wildman–Crippen MR) is 123 cm³/mol. The van der Waals surface area contributed by atoms with E-state index >= 15 is 0 Å². The van der Waals surface area contributed by atoms with Crippen molar-refractivity contribution in [2.75, 3.05) is 33.9 Å². The standard InChI is InChI=1S/C22H28N2O7S2/c1-29-18-8-6-16(12-19(18)30-2)14-23-20(25)15-31-21(26)13-17-7-9-22(32-17)33(27,28)24-10-4-3-5-11-24/h6-9,12H,3-5,10-11,13-15H2,1-2H3,(H,23,25). The van der Waals surface area contributed by atoms with Gasteiger partial charge in [-0.2, -0.15) is 4.31 Å². The Morgan fingerprint density at radius 2 is 1.76 bits per heavy atom. The highest BCUT2D eigenvalue weighted by Crippen LogP contribution is 2.28. The number of benzene rings is 1. The van der Waals surface area contributed by atoms with E-state index in [1.807, 2.05) is 0 Å². The molecule has 1 fully saturated rings. The van der Waals surface area contributed by atoms with Crippen molar-refractivity contribution >= 4 is 33.2 Å². The lowest BCUT2D eigenvalue weighted by Crippen LogP contribution is -2.35. The Morgan fingerprint density at radius 1 is 1.03 bits per heavy atom. The zero-order chi connectivity index (χ0) is 23.8. The van der Waals surface area contributed by atoms with E-state index in [0.717, 1.165) is 36.2 Å². The van der Waals surface area contributed by atoms with Gasteiger partial charge in [-0.3, -0.25) is 9.59 Å². The van der Waals surface area contributed by atoms with Gasteiger partial charge < -0.3 is 19.5 Å². The van der Waals surface area contributed by atoms with Crippen molar-refractivity contribution in [1.82, 2.24) is 9.62 Å². The topological polar surface area (TPSA) is 111 Å². The van der Waals surface area contributed by atoms with Crippen molar-refractivity contribution in [3.8, 4) is 11.5 Å². The van der Waals surface area contributed by atoms with E-state index in [0.29, 0.717) is 29.5 Å². The van der Waals surface area contributed by atoms with Crippen LogP contribution in [-0.2, 0) is 37.3 Å². The van der Waals surface area contributed by atoms with Gasteiger partial charge in [0.2, 0.25) is 0 Å². The van der Waals surface area contributed by atoms with Gasteiger partial charge in [0.05, 0.1) is 20.6 Å². The number of hydrogen-bond acceptors (Lipinski definition) is 8. The number of carbonyl (C=O) groups excluding carboxylic acids is 2. The van der Waals surface area contributed by atoms with Crippen LogP contribution < -0.4 is 14.8 Å².